The van der Waals surface area contributed by atoms with Gasteiger partial charge in [0.1, 0.15) is 5.52 Å². The van der Waals surface area contributed by atoms with Gasteiger partial charge < -0.3 is 10.6 Å². The van der Waals surface area contributed by atoms with Crippen molar-refractivity contribution in [1.29, 1.82) is 0 Å². The van der Waals surface area contributed by atoms with Crippen LogP contribution in [0.5, 0.6) is 0 Å². The SMILES string of the molecule is CCNC(=O)CNc1nccn2nccc12. The number of anilines is 1. The number of rotatable bonds is 4. The van der Waals surface area contributed by atoms with Gasteiger partial charge in [0.05, 0.1) is 12.7 Å². The smallest absolute Gasteiger partial charge is 0.239 e. The molecule has 0 atom stereocenters. The minimum atomic E-state index is -0.0502. The van der Waals surface area contributed by atoms with Crippen LogP contribution in [0.2, 0.25) is 0 Å². The lowest BCUT2D eigenvalue weighted by Crippen LogP contribution is -2.29. The van der Waals surface area contributed by atoms with Crippen LogP contribution in [-0.4, -0.2) is 33.6 Å². The number of likely N-dealkylation sites (N-methyl/N-ethyl adjacent to an activating group) is 1. The summed E-state index contributed by atoms with van der Waals surface area (Å²) in [5, 5.41) is 9.76. The summed E-state index contributed by atoms with van der Waals surface area (Å²) in [7, 11) is 0. The summed E-state index contributed by atoms with van der Waals surface area (Å²) in [5.74, 6) is 0.608. The van der Waals surface area contributed by atoms with Crippen molar-refractivity contribution in [3.63, 3.8) is 0 Å². The summed E-state index contributed by atoms with van der Waals surface area (Å²) in [6.45, 7) is 2.73. The van der Waals surface area contributed by atoms with Crippen molar-refractivity contribution >= 4 is 17.2 Å². The molecule has 2 rings (SSSR count). The van der Waals surface area contributed by atoms with Gasteiger partial charge in [-0.2, -0.15) is 5.10 Å². The average molecular weight is 219 g/mol. The molecule has 0 saturated carbocycles. The molecule has 2 aromatic rings. The highest BCUT2D eigenvalue weighted by Gasteiger charge is 2.04. The van der Waals surface area contributed by atoms with E-state index < -0.39 is 0 Å². The molecule has 0 aliphatic heterocycles. The van der Waals surface area contributed by atoms with Gasteiger partial charge in [0, 0.05) is 18.9 Å². The third-order valence-electron chi connectivity index (χ3n) is 2.11. The van der Waals surface area contributed by atoms with Gasteiger partial charge in [0.25, 0.3) is 0 Å². The molecule has 84 valence electrons. The highest BCUT2D eigenvalue weighted by molar-refractivity contribution is 5.82. The van der Waals surface area contributed by atoms with E-state index in [4.69, 9.17) is 0 Å². The highest BCUT2D eigenvalue weighted by atomic mass is 16.1. The van der Waals surface area contributed by atoms with E-state index in [2.05, 4.69) is 20.7 Å². The number of hydrogen-bond donors (Lipinski definition) is 2. The third-order valence-corrected chi connectivity index (χ3v) is 2.11. The van der Waals surface area contributed by atoms with Crippen LogP contribution in [0.3, 0.4) is 0 Å². The zero-order valence-electron chi connectivity index (χ0n) is 8.97. The standard InChI is InChI=1S/C10H13N5O/c1-2-11-9(16)7-13-10-8-3-4-14-15(8)6-5-12-10/h3-6H,2,7H2,1H3,(H,11,16)(H,12,13). The summed E-state index contributed by atoms with van der Waals surface area (Å²) in [4.78, 5) is 15.4. The van der Waals surface area contributed by atoms with Crippen molar-refractivity contribution in [1.82, 2.24) is 19.9 Å². The molecule has 0 aliphatic carbocycles. The number of hydrogen-bond acceptors (Lipinski definition) is 4. The summed E-state index contributed by atoms with van der Waals surface area (Å²) < 4.78 is 1.70. The molecule has 0 aromatic carbocycles. The third kappa shape index (κ3) is 2.10. The first-order valence-electron chi connectivity index (χ1n) is 5.10. The number of aromatic nitrogens is 3. The van der Waals surface area contributed by atoms with Crippen LogP contribution in [-0.2, 0) is 4.79 Å². The largest absolute Gasteiger partial charge is 0.359 e. The maximum Gasteiger partial charge on any atom is 0.239 e. The fourth-order valence-corrected chi connectivity index (χ4v) is 1.42. The van der Waals surface area contributed by atoms with Crippen LogP contribution in [0.15, 0.2) is 24.7 Å². The number of carbonyl (C=O) groups excluding carboxylic acids is 1. The molecule has 6 nitrogen and oxygen atoms in total. The first kappa shape index (κ1) is 10.4. The van der Waals surface area contributed by atoms with Crippen LogP contribution in [0, 0.1) is 0 Å². The maximum atomic E-state index is 11.3. The van der Waals surface area contributed by atoms with Crippen molar-refractivity contribution in [3.05, 3.63) is 24.7 Å². The molecule has 2 heterocycles. The van der Waals surface area contributed by atoms with E-state index in [1.165, 1.54) is 0 Å². The number of nitrogens with one attached hydrogen (secondary N) is 2. The number of fused-ring (bicyclic) bond motifs is 1. The van der Waals surface area contributed by atoms with Crippen molar-refractivity contribution in [2.45, 2.75) is 6.92 Å². The summed E-state index contributed by atoms with van der Waals surface area (Å²) in [6, 6.07) is 1.84. The summed E-state index contributed by atoms with van der Waals surface area (Å²) >= 11 is 0. The van der Waals surface area contributed by atoms with Crippen molar-refractivity contribution in [2.24, 2.45) is 0 Å². The van der Waals surface area contributed by atoms with Gasteiger partial charge in [-0.05, 0) is 13.0 Å². The second kappa shape index (κ2) is 4.61. The number of amides is 1. The average Bonchev–Trinajstić information content (AvgIpc) is 2.75. The Labute approximate surface area is 92.7 Å². The van der Waals surface area contributed by atoms with Crippen molar-refractivity contribution in [3.8, 4) is 0 Å². The molecule has 0 unspecified atom stereocenters. The van der Waals surface area contributed by atoms with Crippen LogP contribution in [0.25, 0.3) is 5.52 Å². The lowest BCUT2D eigenvalue weighted by Gasteiger charge is -2.06. The number of nitrogens with zero attached hydrogens (tertiary/aromatic N) is 3. The molecule has 6 heteroatoms. The van der Waals surface area contributed by atoms with E-state index in [0.717, 1.165) is 5.52 Å². The van der Waals surface area contributed by atoms with E-state index >= 15 is 0 Å². The van der Waals surface area contributed by atoms with E-state index in [1.54, 1.807) is 23.1 Å². The Hall–Kier alpha value is -2.11. The van der Waals surface area contributed by atoms with Crippen LogP contribution >= 0.6 is 0 Å². The Morgan fingerprint density at radius 3 is 3.19 bits per heavy atom. The van der Waals surface area contributed by atoms with Crippen molar-refractivity contribution in [2.75, 3.05) is 18.4 Å². The van der Waals surface area contributed by atoms with Gasteiger partial charge in [-0.1, -0.05) is 0 Å². The molecular weight excluding hydrogens is 206 g/mol. The summed E-state index contributed by atoms with van der Waals surface area (Å²) in [5.41, 5.74) is 0.854. The monoisotopic (exact) mass is 219 g/mol. The molecule has 0 bridgehead atoms. The molecule has 2 aromatic heterocycles. The molecule has 0 saturated heterocycles. The Balaban J connectivity index is 2.09. The van der Waals surface area contributed by atoms with Gasteiger partial charge >= 0.3 is 0 Å². The second-order valence-electron chi connectivity index (χ2n) is 3.24. The molecule has 16 heavy (non-hydrogen) atoms. The second-order valence-corrected chi connectivity index (χ2v) is 3.24. The topological polar surface area (TPSA) is 71.3 Å². The maximum absolute atomic E-state index is 11.3. The fourth-order valence-electron chi connectivity index (χ4n) is 1.42. The Kier molecular flexibility index (Phi) is 3.00. The van der Waals surface area contributed by atoms with Crippen LogP contribution in [0.4, 0.5) is 5.82 Å². The molecule has 0 radical (unpaired) electrons. The van der Waals surface area contributed by atoms with Crippen LogP contribution in [0.1, 0.15) is 6.92 Å². The quantitative estimate of drug-likeness (QED) is 0.774. The Bertz CT molecular complexity index is 493. The molecule has 1 amide bonds. The van der Waals surface area contributed by atoms with Crippen LogP contribution < -0.4 is 10.6 Å². The molecule has 2 N–H and O–H groups in total. The molecule has 0 spiro atoms. The first-order chi connectivity index (χ1) is 7.81. The minimum Gasteiger partial charge on any atom is -0.359 e. The van der Waals surface area contributed by atoms with Gasteiger partial charge in [0.2, 0.25) is 5.91 Å². The van der Waals surface area contributed by atoms with E-state index in [0.29, 0.717) is 12.4 Å². The van der Waals surface area contributed by atoms with E-state index in [1.807, 2.05) is 13.0 Å². The molecule has 0 fully saturated rings. The minimum absolute atomic E-state index is 0.0502. The van der Waals surface area contributed by atoms with Gasteiger partial charge in [-0.3, -0.25) is 4.79 Å². The van der Waals surface area contributed by atoms with E-state index in [9.17, 15) is 4.79 Å². The lowest BCUT2D eigenvalue weighted by atomic mass is 10.4. The fraction of sp³-hybridized carbons (Fsp3) is 0.300. The molecular formula is C10H13N5O. The van der Waals surface area contributed by atoms with E-state index in [-0.39, 0.29) is 12.5 Å². The van der Waals surface area contributed by atoms with Gasteiger partial charge in [0.15, 0.2) is 5.82 Å². The van der Waals surface area contributed by atoms with Crippen molar-refractivity contribution < 1.29 is 4.79 Å². The summed E-state index contributed by atoms with van der Waals surface area (Å²) in [6.07, 6.45) is 5.08. The normalized spacial score (nSPS) is 10.3. The lowest BCUT2D eigenvalue weighted by molar-refractivity contribution is -0.119. The van der Waals surface area contributed by atoms with Gasteiger partial charge in [-0.15, -0.1) is 0 Å². The van der Waals surface area contributed by atoms with Gasteiger partial charge in [-0.25, -0.2) is 9.50 Å². The number of carbonyl (C=O) groups is 1. The zero-order valence-corrected chi connectivity index (χ0v) is 8.97. The highest BCUT2D eigenvalue weighted by Crippen LogP contribution is 2.11. The predicted octanol–water partition coefficient (Wildman–Crippen LogP) is 0.277. The Morgan fingerprint density at radius 1 is 1.50 bits per heavy atom. The first-order valence-corrected chi connectivity index (χ1v) is 5.10. The molecule has 0 aliphatic rings. The predicted molar refractivity (Wildman–Crippen MR) is 60.2 cm³/mol. The Morgan fingerprint density at radius 2 is 2.38 bits per heavy atom. The zero-order chi connectivity index (χ0) is 11.4.